The summed E-state index contributed by atoms with van der Waals surface area (Å²) >= 11 is 3.66. The summed E-state index contributed by atoms with van der Waals surface area (Å²) in [6, 6.07) is 71.8. The maximum Gasteiger partial charge on any atom is 0.0541 e. The first-order chi connectivity index (χ1) is 25.2. The highest BCUT2D eigenvalue weighted by Gasteiger charge is 2.16. The molecule has 9 aromatic rings. The Kier molecular flexibility index (Phi) is 8.04. The number of hydrogen-bond acceptors (Lipinski definition) is 1. The number of halogens is 1. The Morgan fingerprint density at radius 3 is 1.55 bits per heavy atom. The average molecular weight is 718 g/mol. The van der Waals surface area contributed by atoms with Crippen LogP contribution in [0.4, 0.5) is 17.1 Å². The van der Waals surface area contributed by atoms with Crippen molar-refractivity contribution in [1.29, 1.82) is 0 Å². The molecule has 0 unspecified atom stereocenters. The lowest BCUT2D eigenvalue weighted by molar-refractivity contribution is 1.18. The molecule has 9 rings (SSSR count). The number of rotatable bonds is 7. The van der Waals surface area contributed by atoms with Gasteiger partial charge in [-0.1, -0.05) is 137 Å². The first-order valence-electron chi connectivity index (χ1n) is 17.2. The second-order valence-electron chi connectivity index (χ2n) is 12.8. The van der Waals surface area contributed by atoms with Crippen LogP contribution in [-0.4, -0.2) is 4.57 Å². The molecule has 3 heteroatoms. The van der Waals surface area contributed by atoms with Crippen LogP contribution < -0.4 is 4.90 Å². The molecular weight excluding hydrogens is 684 g/mol. The second kappa shape index (κ2) is 13.3. The van der Waals surface area contributed by atoms with Crippen molar-refractivity contribution in [2.45, 2.75) is 0 Å². The molecule has 0 amide bonds. The van der Waals surface area contributed by atoms with Gasteiger partial charge in [-0.15, -0.1) is 0 Å². The van der Waals surface area contributed by atoms with Crippen LogP contribution >= 0.6 is 15.9 Å². The number of fused-ring (bicyclic) bond motifs is 3. The van der Waals surface area contributed by atoms with Crippen LogP contribution in [-0.2, 0) is 0 Å². The Bertz CT molecular complexity index is 2620. The highest BCUT2D eigenvalue weighted by atomic mass is 79.9. The van der Waals surface area contributed by atoms with E-state index in [1.165, 1.54) is 60.9 Å². The van der Waals surface area contributed by atoms with Crippen molar-refractivity contribution in [1.82, 2.24) is 4.57 Å². The van der Waals surface area contributed by atoms with Gasteiger partial charge in [-0.25, -0.2) is 0 Å². The van der Waals surface area contributed by atoms with Crippen molar-refractivity contribution in [2.75, 3.05) is 4.90 Å². The predicted molar refractivity (Wildman–Crippen MR) is 219 cm³/mol. The third-order valence-electron chi connectivity index (χ3n) is 9.64. The molecule has 1 aromatic heterocycles. The van der Waals surface area contributed by atoms with Crippen LogP contribution in [0.5, 0.6) is 0 Å². The van der Waals surface area contributed by atoms with E-state index < -0.39 is 0 Å². The third kappa shape index (κ3) is 5.92. The average Bonchev–Trinajstić information content (AvgIpc) is 3.53. The summed E-state index contributed by atoms with van der Waals surface area (Å²) < 4.78 is 3.43. The quantitative estimate of drug-likeness (QED) is 0.159. The highest BCUT2D eigenvalue weighted by molar-refractivity contribution is 9.10. The first kappa shape index (κ1) is 30.9. The van der Waals surface area contributed by atoms with E-state index in [0.717, 1.165) is 21.5 Å². The van der Waals surface area contributed by atoms with Gasteiger partial charge in [-0.05, 0) is 112 Å². The fourth-order valence-electron chi connectivity index (χ4n) is 7.18. The molecule has 0 aliphatic carbocycles. The lowest BCUT2D eigenvalue weighted by Crippen LogP contribution is -2.10. The van der Waals surface area contributed by atoms with Crippen molar-refractivity contribution in [3.8, 4) is 39.1 Å². The summed E-state index contributed by atoms with van der Waals surface area (Å²) in [6.45, 7) is 0. The SMILES string of the molecule is Brc1cccc(-c2cccc(N(c3ccc(-c4ccccc4)cc3)c3ccc(-c4ccc5c(c4)c4ccccc4n5-c4ccccc4)cc3)c2)c1. The lowest BCUT2D eigenvalue weighted by atomic mass is 10.0. The maximum atomic E-state index is 3.66. The van der Waals surface area contributed by atoms with Gasteiger partial charge < -0.3 is 9.47 Å². The van der Waals surface area contributed by atoms with Gasteiger partial charge in [0, 0.05) is 38.0 Å². The molecule has 242 valence electrons. The molecule has 0 bridgehead atoms. The first-order valence-corrected chi connectivity index (χ1v) is 18.0. The standard InChI is InChI=1S/C48H33BrN2/c49-40-15-9-13-37(31-40)38-14-10-18-44(32-38)50(42-26-21-35(22-27-42)34-11-3-1-4-12-34)43-28-23-36(24-29-43)39-25-30-48-46(33-39)45-19-7-8-20-47(45)51(48)41-16-5-2-6-17-41/h1-33H. The van der Waals surface area contributed by atoms with Crippen molar-refractivity contribution in [3.05, 3.63) is 205 Å². The second-order valence-corrected chi connectivity index (χ2v) is 13.7. The Labute approximate surface area is 306 Å². The molecule has 0 atom stereocenters. The van der Waals surface area contributed by atoms with E-state index in [1.807, 2.05) is 0 Å². The van der Waals surface area contributed by atoms with Crippen LogP contribution in [0.15, 0.2) is 205 Å². The van der Waals surface area contributed by atoms with Crippen molar-refractivity contribution < 1.29 is 0 Å². The van der Waals surface area contributed by atoms with Gasteiger partial charge in [-0.2, -0.15) is 0 Å². The Balaban J connectivity index is 1.12. The number of para-hydroxylation sites is 2. The molecule has 8 aromatic carbocycles. The molecule has 51 heavy (non-hydrogen) atoms. The van der Waals surface area contributed by atoms with Gasteiger partial charge in [-0.3, -0.25) is 0 Å². The Hall–Kier alpha value is -6.16. The fraction of sp³-hybridized carbons (Fsp3) is 0. The van der Waals surface area contributed by atoms with E-state index in [4.69, 9.17) is 0 Å². The summed E-state index contributed by atoms with van der Waals surface area (Å²) in [7, 11) is 0. The fourth-order valence-corrected chi connectivity index (χ4v) is 7.58. The third-order valence-corrected chi connectivity index (χ3v) is 10.1. The zero-order chi connectivity index (χ0) is 34.1. The Morgan fingerprint density at radius 2 is 0.843 bits per heavy atom. The molecular formula is C48H33BrN2. The van der Waals surface area contributed by atoms with Crippen LogP contribution in [0.1, 0.15) is 0 Å². The van der Waals surface area contributed by atoms with Crippen LogP contribution in [0.25, 0.3) is 60.9 Å². The summed E-state index contributed by atoms with van der Waals surface area (Å²) in [5.41, 5.74) is 14.0. The van der Waals surface area contributed by atoms with Gasteiger partial charge in [0.05, 0.1) is 11.0 Å². The minimum Gasteiger partial charge on any atom is -0.310 e. The van der Waals surface area contributed by atoms with Crippen LogP contribution in [0.3, 0.4) is 0 Å². The predicted octanol–water partition coefficient (Wildman–Crippen LogP) is 14.0. The van der Waals surface area contributed by atoms with E-state index in [9.17, 15) is 0 Å². The summed E-state index contributed by atoms with van der Waals surface area (Å²) in [4.78, 5) is 2.34. The van der Waals surface area contributed by atoms with Gasteiger partial charge >= 0.3 is 0 Å². The zero-order valence-corrected chi connectivity index (χ0v) is 29.4. The van der Waals surface area contributed by atoms with Crippen LogP contribution in [0.2, 0.25) is 0 Å². The highest BCUT2D eigenvalue weighted by Crippen LogP contribution is 2.40. The van der Waals surface area contributed by atoms with E-state index in [2.05, 4.69) is 226 Å². The topological polar surface area (TPSA) is 8.17 Å². The van der Waals surface area contributed by atoms with E-state index >= 15 is 0 Å². The van der Waals surface area contributed by atoms with Crippen molar-refractivity contribution >= 4 is 54.8 Å². The van der Waals surface area contributed by atoms with Gasteiger partial charge in [0.2, 0.25) is 0 Å². The molecule has 0 saturated heterocycles. The maximum absolute atomic E-state index is 3.66. The Morgan fingerprint density at radius 1 is 0.333 bits per heavy atom. The van der Waals surface area contributed by atoms with E-state index in [-0.39, 0.29) is 0 Å². The van der Waals surface area contributed by atoms with E-state index in [1.54, 1.807) is 0 Å². The van der Waals surface area contributed by atoms with Crippen molar-refractivity contribution in [2.24, 2.45) is 0 Å². The molecule has 0 radical (unpaired) electrons. The van der Waals surface area contributed by atoms with Crippen LogP contribution in [0, 0.1) is 0 Å². The van der Waals surface area contributed by atoms with Gasteiger partial charge in [0.15, 0.2) is 0 Å². The summed E-state index contributed by atoms with van der Waals surface area (Å²) in [6.07, 6.45) is 0. The molecule has 1 heterocycles. The minimum absolute atomic E-state index is 1.07. The molecule has 0 N–H and O–H groups in total. The lowest BCUT2D eigenvalue weighted by Gasteiger charge is -2.26. The van der Waals surface area contributed by atoms with Gasteiger partial charge in [0.25, 0.3) is 0 Å². The minimum atomic E-state index is 1.07. The number of aromatic nitrogens is 1. The monoisotopic (exact) mass is 716 g/mol. The molecule has 2 nitrogen and oxygen atoms in total. The number of nitrogens with zero attached hydrogens (tertiary/aromatic N) is 2. The number of hydrogen-bond donors (Lipinski definition) is 0. The molecule has 0 spiro atoms. The molecule has 0 saturated carbocycles. The summed E-state index contributed by atoms with van der Waals surface area (Å²) in [5.74, 6) is 0. The molecule has 0 fully saturated rings. The smallest absolute Gasteiger partial charge is 0.0541 e. The molecule has 0 aliphatic heterocycles. The number of anilines is 3. The number of benzene rings is 8. The normalized spacial score (nSPS) is 11.2. The summed E-state index contributed by atoms with van der Waals surface area (Å²) in [5, 5.41) is 2.51. The van der Waals surface area contributed by atoms with E-state index in [0.29, 0.717) is 0 Å². The zero-order valence-electron chi connectivity index (χ0n) is 27.8. The van der Waals surface area contributed by atoms with Crippen molar-refractivity contribution in [3.63, 3.8) is 0 Å². The molecule has 0 aliphatic rings. The van der Waals surface area contributed by atoms with Gasteiger partial charge in [0.1, 0.15) is 0 Å². The largest absolute Gasteiger partial charge is 0.310 e.